The van der Waals surface area contributed by atoms with E-state index in [1.54, 1.807) is 60.5 Å². The summed E-state index contributed by atoms with van der Waals surface area (Å²) in [7, 11) is 0. The molecular weight excluding hydrogens is 1330 g/mol. The Hall–Kier alpha value is -9.45. The minimum absolute atomic E-state index is 0.0161. The predicted octanol–water partition coefficient (Wildman–Crippen LogP) is 8.36. The van der Waals surface area contributed by atoms with Gasteiger partial charge in [-0.3, -0.25) is 33.6 Å². The third-order valence-corrected chi connectivity index (χ3v) is 21.5. The first-order valence-corrected chi connectivity index (χ1v) is 35.9. The summed E-state index contributed by atoms with van der Waals surface area (Å²) in [6, 6.07) is 15.4. The van der Waals surface area contributed by atoms with Gasteiger partial charge in [0.1, 0.15) is 24.5 Å². The van der Waals surface area contributed by atoms with Crippen LogP contribution in [0.5, 0.6) is 0 Å². The monoisotopic (exact) mass is 1420 g/mol. The number of imide groups is 1. The molecule has 8 amide bonds. The average Bonchev–Trinajstić information content (AvgIpc) is 0.717. The van der Waals surface area contributed by atoms with E-state index in [2.05, 4.69) is 55.3 Å². The molecule has 6 aliphatic rings. The fraction of sp³-hybridized carbons (Fsp3) is 0.521. The summed E-state index contributed by atoms with van der Waals surface area (Å²) >= 11 is 1.54. The maximum atomic E-state index is 14.1. The van der Waals surface area contributed by atoms with Crippen molar-refractivity contribution in [1.82, 2.24) is 55.7 Å². The van der Waals surface area contributed by atoms with E-state index in [0.29, 0.717) is 65.9 Å². The molecule has 4 fully saturated rings. The number of nitrogens with two attached hydrogens (primary N) is 1. The van der Waals surface area contributed by atoms with Crippen molar-refractivity contribution >= 4 is 97.5 Å². The molecule has 28 nitrogen and oxygen atoms in total. The van der Waals surface area contributed by atoms with Gasteiger partial charge in [0.25, 0.3) is 11.8 Å². The van der Waals surface area contributed by atoms with Crippen molar-refractivity contribution in [3.05, 3.63) is 107 Å². The maximum Gasteiger partial charge on any atom is 0.410 e. The zero-order valence-corrected chi connectivity index (χ0v) is 59.5. The molecule has 4 aliphatic carbocycles. The number of thiazole rings is 1. The van der Waals surface area contributed by atoms with Gasteiger partial charge in [0.05, 0.1) is 48.9 Å². The summed E-state index contributed by atoms with van der Waals surface area (Å²) in [5, 5.41) is 60.2. The van der Waals surface area contributed by atoms with E-state index < -0.39 is 78.3 Å². The Labute approximate surface area is 596 Å². The van der Waals surface area contributed by atoms with Gasteiger partial charge in [-0.15, -0.1) is 10.2 Å². The SMILES string of the molecule is Cc1c(Nc2nc3ccccc3s2)nnc2c1CCCN2c1ccc(-c2cnn(CC34CC5(C)CC(C)(CC(CCCN(CC[C@H](O)CO)C(=O)OCc6ccc(NC(=O)[C@H](CCCNC(N)=O)NC(=O)[C@@H](NC(=O)CCOCCN7C(=O)C=CC7=O)C(C)C)cc6)(C5)C3)C4)c2C)c(C(=O)O)n1. The van der Waals surface area contributed by atoms with Gasteiger partial charge in [-0.1, -0.05) is 63.3 Å². The lowest BCUT2D eigenvalue weighted by Crippen LogP contribution is -2.60. The number of benzene rings is 2. The summed E-state index contributed by atoms with van der Waals surface area (Å²) in [5.74, 6) is -2.39. The van der Waals surface area contributed by atoms with Crippen molar-refractivity contribution in [2.75, 3.05) is 68.1 Å². The van der Waals surface area contributed by atoms with Gasteiger partial charge in [0, 0.05) is 84.9 Å². The number of nitrogens with one attached hydrogen (secondary N) is 5. The second-order valence-electron chi connectivity index (χ2n) is 29.5. The van der Waals surface area contributed by atoms with Gasteiger partial charge in [0.15, 0.2) is 22.5 Å². The van der Waals surface area contributed by atoms with Crippen molar-refractivity contribution in [1.29, 1.82) is 0 Å². The number of aliphatic hydroxyl groups excluding tert-OH is 2. The number of carboxylic acid groups (broad SMARTS) is 1. The van der Waals surface area contributed by atoms with Crippen LogP contribution in [-0.2, 0) is 53.0 Å². The van der Waals surface area contributed by atoms with Crippen molar-refractivity contribution < 1.29 is 63.1 Å². The molecule has 2 aliphatic heterocycles. The smallest absolute Gasteiger partial charge is 0.410 e. The van der Waals surface area contributed by atoms with Crippen LogP contribution in [-0.4, -0.2) is 173 Å². The summed E-state index contributed by atoms with van der Waals surface area (Å²) in [6.45, 7) is 13.6. The van der Waals surface area contributed by atoms with Crippen LogP contribution < -0.4 is 37.2 Å². The number of hydrogen-bond donors (Lipinski definition) is 9. The number of carbonyl (C=O) groups excluding carboxylic acids is 7. The molecular formula is C73H93N15O13S. The first-order chi connectivity index (χ1) is 48.7. The number of para-hydroxylation sites is 1. The Morgan fingerprint density at radius 2 is 1.56 bits per heavy atom. The summed E-state index contributed by atoms with van der Waals surface area (Å²) in [4.78, 5) is 117. The van der Waals surface area contributed by atoms with Crippen LogP contribution in [0.3, 0.4) is 0 Å². The molecule has 29 heteroatoms. The third kappa shape index (κ3) is 17.4. The van der Waals surface area contributed by atoms with Gasteiger partial charge >= 0.3 is 18.1 Å². The molecule has 0 spiro atoms. The molecule has 544 valence electrons. The third-order valence-electron chi connectivity index (χ3n) is 20.6. The fourth-order valence-corrected chi connectivity index (χ4v) is 18.0. The molecule has 0 radical (unpaired) electrons. The highest BCUT2D eigenvalue weighted by molar-refractivity contribution is 7.22. The molecule has 6 aromatic rings. The molecule has 0 saturated heterocycles. The van der Waals surface area contributed by atoms with Crippen LogP contribution in [0.1, 0.15) is 144 Å². The Morgan fingerprint density at radius 1 is 0.824 bits per heavy atom. The lowest BCUT2D eigenvalue weighted by atomic mass is 9.35. The first kappa shape index (κ1) is 73.8. The predicted molar refractivity (Wildman–Crippen MR) is 382 cm³/mol. The van der Waals surface area contributed by atoms with Gasteiger partial charge < -0.3 is 66.9 Å². The fourth-order valence-electron chi connectivity index (χ4n) is 17.1. The molecule has 12 rings (SSSR count). The Kier molecular flexibility index (Phi) is 22.7. The van der Waals surface area contributed by atoms with Gasteiger partial charge in [-0.25, -0.2) is 24.4 Å². The van der Waals surface area contributed by atoms with Gasteiger partial charge in [-0.05, 0) is 167 Å². The Morgan fingerprint density at radius 3 is 2.26 bits per heavy atom. The van der Waals surface area contributed by atoms with Crippen molar-refractivity contribution in [3.63, 3.8) is 0 Å². The highest BCUT2D eigenvalue weighted by Crippen LogP contribution is 2.75. The molecule has 6 heterocycles. The number of carbonyl (C=O) groups is 8. The van der Waals surface area contributed by atoms with E-state index in [1.165, 1.54) is 12.2 Å². The minimum Gasteiger partial charge on any atom is -0.476 e. The van der Waals surface area contributed by atoms with E-state index in [1.807, 2.05) is 55.1 Å². The normalized spacial score (nSPS) is 21.2. The molecule has 5 atom stereocenters. The largest absolute Gasteiger partial charge is 0.476 e. The number of aromatic nitrogens is 6. The number of rotatable bonds is 33. The number of aromatic carboxylic acids is 1. The summed E-state index contributed by atoms with van der Waals surface area (Å²) < 4.78 is 14.5. The maximum absolute atomic E-state index is 14.1. The number of anilines is 5. The van der Waals surface area contributed by atoms with Crippen LogP contribution >= 0.6 is 11.3 Å². The van der Waals surface area contributed by atoms with Crippen LogP contribution in [0, 0.1) is 41.4 Å². The Balaban J connectivity index is 0.700. The molecule has 4 bridgehead atoms. The number of primary amides is 1. The first-order valence-electron chi connectivity index (χ1n) is 35.1. The van der Waals surface area contributed by atoms with Crippen LogP contribution in [0.15, 0.2) is 79.0 Å². The lowest BCUT2D eigenvalue weighted by molar-refractivity contribution is -0.198. The average molecular weight is 1420 g/mol. The topological polar surface area (TPSA) is 381 Å². The van der Waals surface area contributed by atoms with Crippen molar-refractivity contribution in [2.45, 2.75) is 163 Å². The van der Waals surface area contributed by atoms with E-state index in [0.717, 1.165) is 94.9 Å². The molecule has 2 aromatic carbocycles. The van der Waals surface area contributed by atoms with Crippen molar-refractivity contribution in [2.24, 2.45) is 33.3 Å². The van der Waals surface area contributed by atoms with Gasteiger partial charge in [-0.2, -0.15) is 5.10 Å². The number of nitrogens with zero attached hydrogens (tertiary/aromatic N) is 9. The van der Waals surface area contributed by atoms with E-state index in [-0.39, 0.29) is 92.5 Å². The number of pyridine rings is 1. The Bertz CT molecular complexity index is 4090. The highest BCUT2D eigenvalue weighted by atomic mass is 32.1. The molecule has 4 aromatic heterocycles. The highest BCUT2D eigenvalue weighted by Gasteiger charge is 2.65. The molecule has 4 saturated carbocycles. The second kappa shape index (κ2) is 31.4. The quantitative estimate of drug-likeness (QED) is 0.0138. The van der Waals surface area contributed by atoms with Crippen LogP contribution in [0.2, 0.25) is 0 Å². The molecule has 10 N–H and O–H groups in total. The zero-order chi connectivity index (χ0) is 72.7. The van der Waals surface area contributed by atoms with Crippen LogP contribution in [0.25, 0.3) is 21.3 Å². The number of carboxylic acids is 1. The van der Waals surface area contributed by atoms with Gasteiger partial charge in [0.2, 0.25) is 17.7 Å². The van der Waals surface area contributed by atoms with Crippen molar-refractivity contribution in [3.8, 4) is 11.1 Å². The number of fused-ring (bicyclic) bond motifs is 2. The van der Waals surface area contributed by atoms with Crippen LogP contribution in [0.4, 0.5) is 37.9 Å². The summed E-state index contributed by atoms with van der Waals surface area (Å²) in [6.07, 6.45) is 12.2. The zero-order valence-electron chi connectivity index (χ0n) is 58.7. The van der Waals surface area contributed by atoms with E-state index >= 15 is 0 Å². The number of ether oxygens (including phenoxy) is 2. The minimum atomic E-state index is -1.15. The molecule has 2 unspecified atom stereocenters. The lowest BCUT2D eigenvalue weighted by Gasteiger charge is -2.70. The number of amides is 8. The molecule has 102 heavy (non-hydrogen) atoms. The van der Waals surface area contributed by atoms with E-state index in [4.69, 9.17) is 30.3 Å². The van der Waals surface area contributed by atoms with E-state index in [9.17, 15) is 53.7 Å². The number of urea groups is 1. The summed E-state index contributed by atoms with van der Waals surface area (Å²) in [5.41, 5.74) is 11.1. The number of hydrogen-bond acceptors (Lipinski definition) is 20. The number of aliphatic hydroxyl groups is 2. The standard InChI is InChI=1S/C73H93N15O13S/c1-44(2)60(81-57(91)25-32-100-33-31-87-58(92)22-23-59(87)93)65(95)78-54(14-9-27-75-67(74)98)64(94)77-48-18-16-47(17-19-48)36-101-69(99)85(30-24-49(90)35-89)28-11-26-72-38-70(5)37-71(6,39-72)41-73(40-70,42-72)43-88-46(4)52(34-76-88)51-20-21-56(80-61(51)66(96)97)86-29-10-12-50-45(3)62(83-84-63(50)86)82-68-79-53-13-7-8-15-55(53)102-68/h7-8,13,15-23,34,44,49,54,60,89-90H,9-12,14,24-33,35-43H2,1-6H3,(H,77,94)(H,78,95)(H,81,91)(H,96,97)(H3,74,75,98)(H,79,82,83)/t49-,54-,60-,70?,71?,72?,73?/m0/s1. The second-order valence-corrected chi connectivity index (χ2v) is 30.5.